The van der Waals surface area contributed by atoms with Gasteiger partial charge in [-0.2, -0.15) is 0 Å². The zero-order chi connectivity index (χ0) is 15.2. The second-order valence-electron chi connectivity index (χ2n) is 5.61. The predicted molar refractivity (Wildman–Crippen MR) is 93.8 cm³/mol. The Labute approximate surface area is 149 Å². The molecular weight excluding hydrogens is 340 g/mol. The van der Waals surface area contributed by atoms with Crippen molar-refractivity contribution in [2.24, 2.45) is 15.0 Å². The molecule has 5 heterocycles. The van der Waals surface area contributed by atoms with Crippen molar-refractivity contribution in [2.45, 2.75) is 0 Å². The molecule has 5 rings (SSSR count). The topological polar surface area (TPSA) is 52.9 Å². The first kappa shape index (κ1) is 14.8. The molecular formula is C19H12FeN4. The van der Waals surface area contributed by atoms with Crippen molar-refractivity contribution in [1.29, 1.82) is 0 Å². The zero-order valence-corrected chi connectivity index (χ0v) is 13.7. The van der Waals surface area contributed by atoms with E-state index in [1.54, 1.807) is 0 Å². The fourth-order valence-electron chi connectivity index (χ4n) is 2.83. The van der Waals surface area contributed by atoms with Crippen LogP contribution in [0, 0.1) is 0 Å². The number of hydrogen-bond donors (Lipinski definition) is 1. The molecule has 0 unspecified atom stereocenters. The Hall–Kier alpha value is -2.75. The van der Waals surface area contributed by atoms with E-state index in [0.717, 1.165) is 44.9 Å². The van der Waals surface area contributed by atoms with Crippen LogP contribution in [-0.2, 0) is 17.1 Å². The average Bonchev–Trinajstić information content (AvgIpc) is 3.28. The minimum absolute atomic E-state index is 0. The van der Waals surface area contributed by atoms with Crippen LogP contribution < -0.4 is 10.7 Å². The molecule has 4 aliphatic heterocycles. The third-order valence-corrected chi connectivity index (χ3v) is 3.90. The smallest absolute Gasteiger partial charge is 0.0894 e. The van der Waals surface area contributed by atoms with E-state index in [2.05, 4.69) is 20.0 Å². The number of aliphatic imine (C=N–C) groups is 3. The molecule has 1 aromatic rings. The number of fused-ring (bicyclic) bond motifs is 5. The van der Waals surface area contributed by atoms with Crippen LogP contribution in [-0.4, -0.2) is 22.1 Å². The second-order valence-corrected chi connectivity index (χ2v) is 5.61. The van der Waals surface area contributed by atoms with Gasteiger partial charge in [0.1, 0.15) is 0 Å². The minimum Gasteiger partial charge on any atom is -0.355 e. The van der Waals surface area contributed by atoms with Gasteiger partial charge in [0, 0.05) is 27.8 Å². The maximum absolute atomic E-state index is 4.64. The van der Waals surface area contributed by atoms with E-state index in [1.807, 2.05) is 66.8 Å². The van der Waals surface area contributed by atoms with Gasteiger partial charge in [-0.3, -0.25) is 0 Å². The third-order valence-electron chi connectivity index (χ3n) is 3.90. The maximum atomic E-state index is 4.64. The molecule has 8 bridgehead atoms. The molecule has 4 aliphatic rings. The van der Waals surface area contributed by atoms with Crippen molar-refractivity contribution in [3.8, 4) is 0 Å². The molecule has 116 valence electrons. The van der Waals surface area contributed by atoms with E-state index in [-0.39, 0.29) is 17.1 Å². The molecule has 0 saturated carbocycles. The second kappa shape index (κ2) is 5.71. The quantitative estimate of drug-likeness (QED) is 0.692. The first-order valence-electron chi connectivity index (χ1n) is 7.47. The van der Waals surface area contributed by atoms with E-state index in [4.69, 9.17) is 0 Å². The zero-order valence-electron chi connectivity index (χ0n) is 12.5. The van der Waals surface area contributed by atoms with Gasteiger partial charge in [-0.15, -0.1) is 0 Å². The number of aromatic amines is 1. The van der Waals surface area contributed by atoms with Crippen LogP contribution in [0.1, 0.15) is 0 Å². The minimum atomic E-state index is 0. The molecule has 0 spiro atoms. The molecule has 5 heteroatoms. The van der Waals surface area contributed by atoms with Gasteiger partial charge in [0.25, 0.3) is 0 Å². The number of rotatable bonds is 0. The predicted octanol–water partition coefficient (Wildman–Crippen LogP) is 1.71. The summed E-state index contributed by atoms with van der Waals surface area (Å²) in [5.74, 6) is 0. The Morgan fingerprint density at radius 2 is 1.12 bits per heavy atom. The molecule has 0 fully saturated rings. The molecule has 0 aliphatic carbocycles. The Kier molecular flexibility index (Phi) is 3.53. The Bertz CT molecular complexity index is 1100. The number of allylic oxidation sites excluding steroid dienone is 7. The summed E-state index contributed by atoms with van der Waals surface area (Å²) in [4.78, 5) is 17.2. The number of aromatic nitrogens is 1. The van der Waals surface area contributed by atoms with E-state index in [0.29, 0.717) is 0 Å². The van der Waals surface area contributed by atoms with Gasteiger partial charge in [0.15, 0.2) is 0 Å². The van der Waals surface area contributed by atoms with Gasteiger partial charge in [-0.05, 0) is 66.8 Å². The SMILES string of the molecule is C1=CC2=NC1=CC1=NC(=C3C=CC(=N3)C=c3ccc([nH]3)=C2)C=C1.[Fe]. The molecule has 24 heavy (non-hydrogen) atoms. The number of nitrogens with one attached hydrogen (secondary N) is 1. The standard InChI is InChI=1S/C19H12N4.Fe/c1-3-14-10-16-5-7-18(22-16)19-8-6-17(23-19)11-15-4-2-13(21-15)9-12(1)20-14;/h1-11,20H;. The summed E-state index contributed by atoms with van der Waals surface area (Å²) in [7, 11) is 0. The molecule has 0 atom stereocenters. The van der Waals surface area contributed by atoms with Gasteiger partial charge in [0.05, 0.1) is 34.2 Å². The number of H-pyrrole nitrogens is 1. The number of nitrogens with zero attached hydrogens (tertiary/aromatic N) is 3. The van der Waals surface area contributed by atoms with Gasteiger partial charge in [0.2, 0.25) is 0 Å². The van der Waals surface area contributed by atoms with Crippen molar-refractivity contribution in [1.82, 2.24) is 4.98 Å². The Morgan fingerprint density at radius 1 is 0.583 bits per heavy atom. The van der Waals surface area contributed by atoms with Gasteiger partial charge < -0.3 is 4.98 Å². The van der Waals surface area contributed by atoms with E-state index in [9.17, 15) is 0 Å². The van der Waals surface area contributed by atoms with E-state index in [1.165, 1.54) is 0 Å². The molecule has 0 aromatic carbocycles. The van der Waals surface area contributed by atoms with Crippen LogP contribution in [0.2, 0.25) is 0 Å². The van der Waals surface area contributed by atoms with Gasteiger partial charge in [-0.25, -0.2) is 15.0 Å². The van der Waals surface area contributed by atoms with Crippen LogP contribution >= 0.6 is 0 Å². The largest absolute Gasteiger partial charge is 0.355 e. The fraction of sp³-hybridized carbons (Fsp3) is 0. The van der Waals surface area contributed by atoms with Crippen molar-refractivity contribution < 1.29 is 17.1 Å². The fourth-order valence-corrected chi connectivity index (χ4v) is 2.83. The molecule has 1 N–H and O–H groups in total. The first-order chi connectivity index (χ1) is 11.3. The molecule has 0 saturated heterocycles. The summed E-state index contributed by atoms with van der Waals surface area (Å²) < 4.78 is 0. The monoisotopic (exact) mass is 352 g/mol. The normalized spacial score (nSPS) is 19.5. The summed E-state index contributed by atoms with van der Waals surface area (Å²) in [6.07, 6.45) is 18.0. The van der Waals surface area contributed by atoms with Gasteiger partial charge >= 0.3 is 0 Å². The molecule has 4 nitrogen and oxygen atoms in total. The van der Waals surface area contributed by atoms with E-state index >= 15 is 0 Å². The van der Waals surface area contributed by atoms with Crippen LogP contribution in [0.4, 0.5) is 0 Å². The maximum Gasteiger partial charge on any atom is 0.0894 e. The Morgan fingerprint density at radius 3 is 1.79 bits per heavy atom. The average molecular weight is 352 g/mol. The van der Waals surface area contributed by atoms with Crippen molar-refractivity contribution in [3.05, 3.63) is 82.5 Å². The van der Waals surface area contributed by atoms with E-state index < -0.39 is 0 Å². The summed E-state index contributed by atoms with van der Waals surface area (Å²) in [5.41, 5.74) is 5.43. The van der Waals surface area contributed by atoms with Gasteiger partial charge in [-0.1, -0.05) is 0 Å². The summed E-state index contributed by atoms with van der Waals surface area (Å²) in [5, 5.41) is 2.04. The summed E-state index contributed by atoms with van der Waals surface area (Å²) in [6, 6.07) is 4.09. The summed E-state index contributed by atoms with van der Waals surface area (Å²) >= 11 is 0. The molecule has 1 aromatic heterocycles. The third kappa shape index (κ3) is 2.64. The van der Waals surface area contributed by atoms with Crippen LogP contribution in [0.15, 0.2) is 86.7 Å². The van der Waals surface area contributed by atoms with Crippen molar-refractivity contribution in [3.63, 3.8) is 0 Å². The van der Waals surface area contributed by atoms with Crippen molar-refractivity contribution in [2.75, 3.05) is 0 Å². The van der Waals surface area contributed by atoms with Crippen LogP contribution in [0.25, 0.3) is 12.2 Å². The number of hydrogen-bond acceptors (Lipinski definition) is 3. The summed E-state index contributed by atoms with van der Waals surface area (Å²) in [6.45, 7) is 0. The van der Waals surface area contributed by atoms with Crippen LogP contribution in [0.5, 0.6) is 0 Å². The molecule has 0 amide bonds. The first-order valence-corrected chi connectivity index (χ1v) is 7.47. The van der Waals surface area contributed by atoms with Crippen molar-refractivity contribution >= 4 is 29.3 Å². The van der Waals surface area contributed by atoms with Crippen LogP contribution in [0.3, 0.4) is 0 Å². The molecule has 0 radical (unpaired) electrons. The Balaban J connectivity index is 0.00000146.